The van der Waals surface area contributed by atoms with Crippen LogP contribution in [0.5, 0.6) is 0 Å². The molecule has 0 bridgehead atoms. The van der Waals surface area contributed by atoms with Crippen LogP contribution in [0.1, 0.15) is 30.7 Å². The molecule has 0 radical (unpaired) electrons. The molecule has 3 rings (SSSR count). The van der Waals surface area contributed by atoms with E-state index in [2.05, 4.69) is 34.2 Å². The van der Waals surface area contributed by atoms with E-state index in [1.807, 2.05) is 18.2 Å². The van der Waals surface area contributed by atoms with Crippen molar-refractivity contribution in [2.24, 2.45) is 5.92 Å². The Kier molecular flexibility index (Phi) is 4.24. The molecule has 1 saturated carbocycles. The Balaban J connectivity index is 1.89. The predicted octanol–water partition coefficient (Wildman–Crippen LogP) is 5.38. The molecule has 0 amide bonds. The maximum absolute atomic E-state index is 14.0. The van der Waals surface area contributed by atoms with E-state index < -0.39 is 0 Å². The van der Waals surface area contributed by atoms with E-state index in [9.17, 15) is 4.39 Å². The molecule has 1 aliphatic rings. The third-order valence-corrected chi connectivity index (χ3v) is 5.34. The number of hydrogen-bond donors (Lipinski definition) is 1. The first-order valence-corrected chi connectivity index (χ1v) is 8.58. The molecular weight excluding hydrogens is 337 g/mol. The molecule has 20 heavy (non-hydrogen) atoms. The molecule has 1 aromatic carbocycles. The minimum Gasteiger partial charge on any atom is -0.309 e. The minimum absolute atomic E-state index is 0.167. The van der Waals surface area contributed by atoms with Gasteiger partial charge in [-0.05, 0) is 55.6 Å². The van der Waals surface area contributed by atoms with Gasteiger partial charge in [-0.1, -0.05) is 22.9 Å². The fourth-order valence-corrected chi connectivity index (χ4v) is 4.04. The van der Waals surface area contributed by atoms with Gasteiger partial charge in [-0.2, -0.15) is 0 Å². The summed E-state index contributed by atoms with van der Waals surface area (Å²) in [5.41, 5.74) is 0.690. The van der Waals surface area contributed by atoms with Crippen molar-refractivity contribution in [2.45, 2.75) is 25.8 Å². The van der Waals surface area contributed by atoms with E-state index >= 15 is 0 Å². The van der Waals surface area contributed by atoms with Crippen LogP contribution in [0.2, 0.25) is 0 Å². The Hall–Kier alpha value is -0.710. The summed E-state index contributed by atoms with van der Waals surface area (Å²) < 4.78 is 14.8. The van der Waals surface area contributed by atoms with Gasteiger partial charge in [0.1, 0.15) is 5.82 Å². The van der Waals surface area contributed by atoms with Crippen LogP contribution in [0.3, 0.4) is 0 Å². The molecule has 4 heteroatoms. The van der Waals surface area contributed by atoms with Gasteiger partial charge in [-0.25, -0.2) is 4.39 Å². The zero-order valence-electron chi connectivity index (χ0n) is 11.3. The van der Waals surface area contributed by atoms with Crippen molar-refractivity contribution in [3.8, 4) is 10.4 Å². The largest absolute Gasteiger partial charge is 0.309 e. The van der Waals surface area contributed by atoms with Crippen LogP contribution in [0.15, 0.2) is 34.8 Å². The molecular formula is C16H17BrFNS. The summed E-state index contributed by atoms with van der Waals surface area (Å²) in [6.45, 7) is 3.11. The number of benzene rings is 1. The summed E-state index contributed by atoms with van der Waals surface area (Å²) in [5, 5.41) is 3.56. The molecule has 0 saturated heterocycles. The van der Waals surface area contributed by atoms with E-state index in [-0.39, 0.29) is 5.82 Å². The molecule has 1 atom stereocenters. The number of rotatable bonds is 5. The predicted molar refractivity (Wildman–Crippen MR) is 86.6 cm³/mol. The molecule has 106 valence electrons. The van der Waals surface area contributed by atoms with Gasteiger partial charge in [0.25, 0.3) is 0 Å². The second-order valence-electron chi connectivity index (χ2n) is 5.20. The summed E-state index contributed by atoms with van der Waals surface area (Å²) in [6.07, 6.45) is 2.61. The molecule has 2 aromatic rings. The van der Waals surface area contributed by atoms with Crippen molar-refractivity contribution >= 4 is 27.3 Å². The van der Waals surface area contributed by atoms with Crippen LogP contribution in [-0.2, 0) is 0 Å². The summed E-state index contributed by atoms with van der Waals surface area (Å²) >= 11 is 5.00. The van der Waals surface area contributed by atoms with Crippen molar-refractivity contribution in [3.05, 3.63) is 45.5 Å². The van der Waals surface area contributed by atoms with Gasteiger partial charge in [-0.3, -0.25) is 0 Å². The first-order valence-electron chi connectivity index (χ1n) is 6.97. The highest BCUT2D eigenvalue weighted by Crippen LogP contribution is 2.44. The number of halogens is 2. The average molecular weight is 354 g/mol. The van der Waals surface area contributed by atoms with Crippen molar-refractivity contribution in [2.75, 3.05) is 6.54 Å². The van der Waals surface area contributed by atoms with Crippen LogP contribution in [0.25, 0.3) is 10.4 Å². The molecule has 1 aromatic heterocycles. The molecule has 1 heterocycles. The Morgan fingerprint density at radius 2 is 2.15 bits per heavy atom. The highest BCUT2D eigenvalue weighted by atomic mass is 79.9. The lowest BCUT2D eigenvalue weighted by molar-refractivity contribution is 0.504. The standard InChI is InChI=1S/C16H17BrFNS/c1-2-19-16(10-3-4-10)15-8-7-14(20-15)12-6-5-11(17)9-13(12)18/h5-10,16,19H,2-4H2,1H3. The van der Waals surface area contributed by atoms with Crippen LogP contribution in [0, 0.1) is 11.7 Å². The van der Waals surface area contributed by atoms with Crippen molar-refractivity contribution in [1.82, 2.24) is 5.32 Å². The third kappa shape index (κ3) is 2.97. The van der Waals surface area contributed by atoms with E-state index in [4.69, 9.17) is 0 Å². The van der Waals surface area contributed by atoms with Crippen molar-refractivity contribution in [1.29, 1.82) is 0 Å². The third-order valence-electron chi connectivity index (χ3n) is 3.65. The lowest BCUT2D eigenvalue weighted by Crippen LogP contribution is -2.21. The topological polar surface area (TPSA) is 12.0 Å². The van der Waals surface area contributed by atoms with Gasteiger partial charge in [-0.15, -0.1) is 11.3 Å². The Morgan fingerprint density at radius 3 is 2.80 bits per heavy atom. The van der Waals surface area contributed by atoms with Gasteiger partial charge < -0.3 is 5.32 Å². The van der Waals surface area contributed by atoms with E-state index in [1.54, 1.807) is 11.3 Å². The maximum atomic E-state index is 14.0. The Labute approximate surface area is 131 Å². The van der Waals surface area contributed by atoms with Gasteiger partial charge in [0.15, 0.2) is 0 Å². The van der Waals surface area contributed by atoms with E-state index in [0.717, 1.165) is 21.8 Å². The SMILES string of the molecule is CCNC(c1ccc(-c2ccc(Br)cc2F)s1)C1CC1. The van der Waals surface area contributed by atoms with Crippen LogP contribution < -0.4 is 5.32 Å². The highest BCUT2D eigenvalue weighted by molar-refractivity contribution is 9.10. The van der Waals surface area contributed by atoms with Crippen LogP contribution in [0.4, 0.5) is 4.39 Å². The lowest BCUT2D eigenvalue weighted by atomic mass is 10.1. The molecule has 1 N–H and O–H groups in total. The zero-order chi connectivity index (χ0) is 14.1. The number of hydrogen-bond acceptors (Lipinski definition) is 2. The summed E-state index contributed by atoms with van der Waals surface area (Å²) in [6, 6.07) is 9.88. The Bertz CT molecular complexity index is 606. The van der Waals surface area contributed by atoms with Gasteiger partial charge in [0.05, 0.1) is 0 Å². The second-order valence-corrected chi connectivity index (χ2v) is 7.23. The smallest absolute Gasteiger partial charge is 0.132 e. The van der Waals surface area contributed by atoms with E-state index in [1.165, 1.54) is 23.8 Å². The first-order chi connectivity index (χ1) is 9.69. The molecule has 0 spiro atoms. The van der Waals surface area contributed by atoms with Crippen molar-refractivity contribution < 1.29 is 4.39 Å². The normalized spacial score (nSPS) is 16.4. The monoisotopic (exact) mass is 353 g/mol. The van der Waals surface area contributed by atoms with Gasteiger partial charge >= 0.3 is 0 Å². The zero-order valence-corrected chi connectivity index (χ0v) is 13.7. The fraction of sp³-hybridized carbons (Fsp3) is 0.375. The summed E-state index contributed by atoms with van der Waals surface area (Å²) in [7, 11) is 0. The molecule has 0 aliphatic heterocycles. The lowest BCUT2D eigenvalue weighted by Gasteiger charge is -2.15. The van der Waals surface area contributed by atoms with Crippen LogP contribution >= 0.6 is 27.3 Å². The summed E-state index contributed by atoms with van der Waals surface area (Å²) in [5.74, 6) is 0.593. The number of thiophene rings is 1. The molecule has 1 unspecified atom stereocenters. The van der Waals surface area contributed by atoms with Gasteiger partial charge in [0, 0.05) is 25.8 Å². The Morgan fingerprint density at radius 1 is 1.35 bits per heavy atom. The molecule has 1 fully saturated rings. The maximum Gasteiger partial charge on any atom is 0.132 e. The summed E-state index contributed by atoms with van der Waals surface area (Å²) in [4.78, 5) is 2.33. The average Bonchev–Trinajstić information content (AvgIpc) is 3.14. The molecule has 1 nitrogen and oxygen atoms in total. The van der Waals surface area contributed by atoms with Gasteiger partial charge in [0.2, 0.25) is 0 Å². The van der Waals surface area contributed by atoms with Crippen molar-refractivity contribution in [3.63, 3.8) is 0 Å². The number of nitrogens with one attached hydrogen (secondary N) is 1. The van der Waals surface area contributed by atoms with E-state index in [0.29, 0.717) is 11.6 Å². The first kappa shape index (κ1) is 14.2. The quantitative estimate of drug-likeness (QED) is 0.760. The van der Waals surface area contributed by atoms with Crippen LogP contribution in [-0.4, -0.2) is 6.54 Å². The highest BCUT2D eigenvalue weighted by Gasteiger charge is 2.32. The second kappa shape index (κ2) is 5.96. The molecule has 1 aliphatic carbocycles. The minimum atomic E-state index is -0.167. The fourth-order valence-electron chi connectivity index (χ4n) is 2.50.